The number of nitrogens with zero attached hydrogens (tertiary/aromatic N) is 1. The Morgan fingerprint density at radius 2 is 1.76 bits per heavy atom. The van der Waals surface area contributed by atoms with Gasteiger partial charge in [0, 0.05) is 24.8 Å². The van der Waals surface area contributed by atoms with E-state index >= 15 is 0 Å². The fourth-order valence-electron chi connectivity index (χ4n) is 2.61. The molecule has 0 bridgehead atoms. The predicted molar refractivity (Wildman–Crippen MR) is 73.1 cm³/mol. The van der Waals surface area contributed by atoms with Gasteiger partial charge < -0.3 is 4.90 Å². The van der Waals surface area contributed by atoms with Crippen LogP contribution in [0.15, 0.2) is 42.5 Å². The summed E-state index contributed by atoms with van der Waals surface area (Å²) >= 11 is 0. The van der Waals surface area contributed by atoms with Crippen molar-refractivity contribution in [3.63, 3.8) is 0 Å². The molecule has 0 amide bonds. The molecule has 0 fully saturated rings. The van der Waals surface area contributed by atoms with Gasteiger partial charge in [0.2, 0.25) is 0 Å². The lowest BCUT2D eigenvalue weighted by molar-refractivity contribution is 1.04. The van der Waals surface area contributed by atoms with Gasteiger partial charge in [0.15, 0.2) is 0 Å². The maximum atomic E-state index is 2.32. The maximum absolute atomic E-state index is 2.32. The molecule has 1 aliphatic heterocycles. The average Bonchev–Trinajstić information content (AvgIpc) is 2.39. The fourth-order valence-corrected chi connectivity index (χ4v) is 2.61. The molecule has 3 rings (SSSR count). The zero-order chi connectivity index (χ0) is 11.8. The molecule has 86 valence electrons. The van der Waals surface area contributed by atoms with Crippen LogP contribution in [0.25, 0.3) is 0 Å². The third-order valence-electron chi connectivity index (χ3n) is 3.65. The Kier molecular flexibility index (Phi) is 2.40. The second-order valence-electron chi connectivity index (χ2n) is 4.68. The van der Waals surface area contributed by atoms with Gasteiger partial charge in [-0.2, -0.15) is 0 Å². The summed E-state index contributed by atoms with van der Waals surface area (Å²) in [5, 5.41) is 0. The van der Waals surface area contributed by atoms with Crippen LogP contribution < -0.4 is 4.90 Å². The minimum atomic E-state index is 1.06. The van der Waals surface area contributed by atoms with Gasteiger partial charge in [-0.3, -0.25) is 0 Å². The number of para-hydroxylation sites is 1. The Bertz CT molecular complexity index is 557. The van der Waals surface area contributed by atoms with Gasteiger partial charge >= 0.3 is 0 Å². The van der Waals surface area contributed by atoms with Crippen molar-refractivity contribution in [1.29, 1.82) is 0 Å². The SMILES string of the molecule is CCc1ccc2c(c1)N(C)c1ccccc1C2. The van der Waals surface area contributed by atoms with Crippen molar-refractivity contribution in [2.24, 2.45) is 0 Å². The maximum Gasteiger partial charge on any atom is 0.0446 e. The van der Waals surface area contributed by atoms with Crippen LogP contribution in [0.4, 0.5) is 11.4 Å². The van der Waals surface area contributed by atoms with E-state index in [9.17, 15) is 0 Å². The molecule has 0 spiro atoms. The van der Waals surface area contributed by atoms with Gasteiger partial charge in [-0.05, 0) is 35.2 Å². The number of anilines is 2. The van der Waals surface area contributed by atoms with Crippen molar-refractivity contribution in [3.8, 4) is 0 Å². The van der Waals surface area contributed by atoms with Gasteiger partial charge in [-0.15, -0.1) is 0 Å². The predicted octanol–water partition coefficient (Wildman–Crippen LogP) is 3.92. The Morgan fingerprint density at radius 3 is 2.59 bits per heavy atom. The monoisotopic (exact) mass is 223 g/mol. The highest BCUT2D eigenvalue weighted by atomic mass is 15.1. The molecule has 2 aromatic rings. The topological polar surface area (TPSA) is 3.24 Å². The average molecular weight is 223 g/mol. The summed E-state index contributed by atoms with van der Waals surface area (Å²) in [6.07, 6.45) is 2.16. The largest absolute Gasteiger partial charge is 0.344 e. The molecular formula is C16H17N. The van der Waals surface area contributed by atoms with E-state index in [1.807, 2.05) is 0 Å². The normalized spacial score (nSPS) is 13.2. The lowest BCUT2D eigenvalue weighted by Crippen LogP contribution is -2.18. The van der Waals surface area contributed by atoms with E-state index in [2.05, 4.69) is 61.3 Å². The number of fused-ring (bicyclic) bond motifs is 2. The molecule has 1 heteroatoms. The first-order valence-corrected chi connectivity index (χ1v) is 6.23. The molecule has 0 aromatic heterocycles. The van der Waals surface area contributed by atoms with Gasteiger partial charge in [-0.25, -0.2) is 0 Å². The molecular weight excluding hydrogens is 206 g/mol. The van der Waals surface area contributed by atoms with Crippen LogP contribution in [0.5, 0.6) is 0 Å². The summed E-state index contributed by atoms with van der Waals surface area (Å²) in [5.74, 6) is 0. The van der Waals surface area contributed by atoms with Gasteiger partial charge in [0.05, 0.1) is 0 Å². The highest BCUT2D eigenvalue weighted by Gasteiger charge is 2.19. The molecule has 0 saturated carbocycles. The molecule has 1 heterocycles. The first-order valence-electron chi connectivity index (χ1n) is 6.23. The molecule has 1 aliphatic rings. The molecule has 0 N–H and O–H groups in total. The molecule has 0 saturated heterocycles. The quantitative estimate of drug-likeness (QED) is 0.708. The van der Waals surface area contributed by atoms with Crippen LogP contribution in [0, 0.1) is 0 Å². The summed E-state index contributed by atoms with van der Waals surface area (Å²) in [7, 11) is 2.16. The Morgan fingerprint density at radius 1 is 1.00 bits per heavy atom. The second-order valence-corrected chi connectivity index (χ2v) is 4.68. The third-order valence-corrected chi connectivity index (χ3v) is 3.65. The van der Waals surface area contributed by atoms with Crippen LogP contribution in [-0.4, -0.2) is 7.05 Å². The number of benzene rings is 2. The summed E-state index contributed by atoms with van der Waals surface area (Å²) in [6, 6.07) is 15.5. The summed E-state index contributed by atoms with van der Waals surface area (Å²) < 4.78 is 0. The van der Waals surface area contributed by atoms with Crippen molar-refractivity contribution in [1.82, 2.24) is 0 Å². The summed E-state index contributed by atoms with van der Waals surface area (Å²) in [4.78, 5) is 2.31. The van der Waals surface area contributed by atoms with Crippen LogP contribution in [-0.2, 0) is 12.8 Å². The minimum absolute atomic E-state index is 1.06. The number of hydrogen-bond acceptors (Lipinski definition) is 1. The van der Waals surface area contributed by atoms with Crippen molar-refractivity contribution in [3.05, 3.63) is 59.2 Å². The second kappa shape index (κ2) is 3.92. The lowest BCUT2D eigenvalue weighted by atomic mass is 9.94. The molecule has 0 unspecified atom stereocenters. The zero-order valence-corrected chi connectivity index (χ0v) is 10.4. The standard InChI is InChI=1S/C16H17N/c1-3-12-8-9-14-11-13-6-4-5-7-15(13)17(2)16(14)10-12/h4-10H,3,11H2,1-2H3. The van der Waals surface area contributed by atoms with E-state index in [4.69, 9.17) is 0 Å². The van der Waals surface area contributed by atoms with E-state index in [0.29, 0.717) is 0 Å². The van der Waals surface area contributed by atoms with Crippen molar-refractivity contribution in [2.75, 3.05) is 11.9 Å². The van der Waals surface area contributed by atoms with Crippen LogP contribution in [0.1, 0.15) is 23.6 Å². The Labute approximate surface area is 103 Å². The van der Waals surface area contributed by atoms with Crippen molar-refractivity contribution in [2.45, 2.75) is 19.8 Å². The van der Waals surface area contributed by atoms with Gasteiger partial charge in [0.1, 0.15) is 0 Å². The molecule has 0 aliphatic carbocycles. The van der Waals surface area contributed by atoms with E-state index in [1.165, 1.54) is 28.1 Å². The summed E-state index contributed by atoms with van der Waals surface area (Å²) in [5.41, 5.74) is 6.97. The number of aryl methyl sites for hydroxylation is 1. The van der Waals surface area contributed by atoms with Crippen LogP contribution >= 0.6 is 0 Å². The summed E-state index contributed by atoms with van der Waals surface area (Å²) in [6.45, 7) is 2.21. The Hall–Kier alpha value is -1.76. The van der Waals surface area contributed by atoms with Gasteiger partial charge in [-0.1, -0.05) is 37.3 Å². The van der Waals surface area contributed by atoms with Crippen molar-refractivity contribution < 1.29 is 0 Å². The fraction of sp³-hybridized carbons (Fsp3) is 0.250. The molecule has 0 radical (unpaired) electrons. The first kappa shape index (κ1) is 10.4. The number of hydrogen-bond donors (Lipinski definition) is 0. The van der Waals surface area contributed by atoms with E-state index < -0.39 is 0 Å². The minimum Gasteiger partial charge on any atom is -0.344 e. The third kappa shape index (κ3) is 1.62. The molecule has 0 atom stereocenters. The van der Waals surface area contributed by atoms with E-state index in [1.54, 1.807) is 0 Å². The highest BCUT2D eigenvalue weighted by molar-refractivity contribution is 5.74. The molecule has 17 heavy (non-hydrogen) atoms. The number of rotatable bonds is 1. The van der Waals surface area contributed by atoms with E-state index in [0.717, 1.165) is 12.8 Å². The van der Waals surface area contributed by atoms with Crippen LogP contribution in [0.3, 0.4) is 0 Å². The smallest absolute Gasteiger partial charge is 0.0446 e. The van der Waals surface area contributed by atoms with Crippen LogP contribution in [0.2, 0.25) is 0 Å². The Balaban J connectivity index is 2.13. The van der Waals surface area contributed by atoms with Gasteiger partial charge in [0.25, 0.3) is 0 Å². The first-order chi connectivity index (χ1) is 8.29. The van der Waals surface area contributed by atoms with E-state index in [-0.39, 0.29) is 0 Å². The molecule has 1 nitrogen and oxygen atoms in total. The molecule has 2 aromatic carbocycles. The lowest BCUT2D eigenvalue weighted by Gasteiger charge is -2.30. The van der Waals surface area contributed by atoms with Crippen molar-refractivity contribution >= 4 is 11.4 Å². The zero-order valence-electron chi connectivity index (χ0n) is 10.4. The highest BCUT2D eigenvalue weighted by Crippen LogP contribution is 2.37.